The smallest absolute Gasteiger partial charge is 0.235 e. The SMILES string of the molecule is CSCC[C@H]1COC(c2ccccn2)=N1. The molecule has 80 valence electrons. The Morgan fingerprint density at radius 2 is 2.47 bits per heavy atom. The van der Waals surface area contributed by atoms with Gasteiger partial charge in [-0.05, 0) is 30.6 Å². The minimum absolute atomic E-state index is 0.314. The monoisotopic (exact) mass is 222 g/mol. The Morgan fingerprint density at radius 3 is 3.20 bits per heavy atom. The molecule has 0 bridgehead atoms. The van der Waals surface area contributed by atoms with Gasteiger partial charge in [-0.2, -0.15) is 11.8 Å². The van der Waals surface area contributed by atoms with Crippen LogP contribution in [0.25, 0.3) is 0 Å². The standard InChI is InChI=1S/C11H14N2OS/c1-15-7-5-9-8-14-11(13-9)10-4-2-3-6-12-10/h2-4,6,9H,5,7-8H2,1H3/t9-/m0/s1. The fourth-order valence-electron chi connectivity index (χ4n) is 1.45. The van der Waals surface area contributed by atoms with Crippen LogP contribution in [0.2, 0.25) is 0 Å². The molecule has 0 saturated heterocycles. The van der Waals surface area contributed by atoms with Crippen molar-refractivity contribution in [2.24, 2.45) is 4.99 Å². The first-order chi connectivity index (χ1) is 7.40. The van der Waals surface area contributed by atoms with Crippen LogP contribution in [0.3, 0.4) is 0 Å². The molecule has 0 fully saturated rings. The average molecular weight is 222 g/mol. The van der Waals surface area contributed by atoms with Gasteiger partial charge in [-0.3, -0.25) is 4.98 Å². The second-order valence-electron chi connectivity index (χ2n) is 3.40. The van der Waals surface area contributed by atoms with Gasteiger partial charge in [0.25, 0.3) is 0 Å². The molecule has 1 aromatic heterocycles. The normalized spacial score (nSPS) is 19.8. The highest BCUT2D eigenvalue weighted by atomic mass is 32.2. The molecule has 4 heteroatoms. The molecule has 0 N–H and O–H groups in total. The lowest BCUT2D eigenvalue weighted by atomic mass is 10.3. The van der Waals surface area contributed by atoms with Crippen LogP contribution in [0.1, 0.15) is 12.1 Å². The van der Waals surface area contributed by atoms with Crippen molar-refractivity contribution in [1.82, 2.24) is 4.98 Å². The third kappa shape index (κ3) is 2.72. The van der Waals surface area contributed by atoms with Crippen LogP contribution in [0.5, 0.6) is 0 Å². The lowest BCUT2D eigenvalue weighted by Crippen LogP contribution is -2.07. The summed E-state index contributed by atoms with van der Waals surface area (Å²) in [5.41, 5.74) is 0.837. The minimum atomic E-state index is 0.314. The summed E-state index contributed by atoms with van der Waals surface area (Å²) in [4.78, 5) is 8.73. The Bertz CT molecular complexity index is 340. The van der Waals surface area contributed by atoms with E-state index in [0.717, 1.165) is 17.9 Å². The average Bonchev–Trinajstić information content (AvgIpc) is 2.76. The Morgan fingerprint density at radius 1 is 1.53 bits per heavy atom. The van der Waals surface area contributed by atoms with Gasteiger partial charge in [-0.15, -0.1) is 0 Å². The number of pyridine rings is 1. The van der Waals surface area contributed by atoms with E-state index in [1.54, 1.807) is 6.20 Å². The first-order valence-corrected chi connectivity index (χ1v) is 6.40. The molecular formula is C11H14N2OS. The van der Waals surface area contributed by atoms with E-state index in [1.165, 1.54) is 0 Å². The molecule has 15 heavy (non-hydrogen) atoms. The van der Waals surface area contributed by atoms with Crippen molar-refractivity contribution < 1.29 is 4.74 Å². The van der Waals surface area contributed by atoms with Crippen molar-refractivity contribution in [3.05, 3.63) is 30.1 Å². The number of aliphatic imine (C=N–C) groups is 1. The van der Waals surface area contributed by atoms with Crippen LogP contribution in [-0.2, 0) is 4.74 Å². The molecule has 1 aliphatic heterocycles. The molecule has 0 spiro atoms. The van der Waals surface area contributed by atoms with Crippen LogP contribution in [0.4, 0.5) is 0 Å². The van der Waals surface area contributed by atoms with E-state index >= 15 is 0 Å². The Kier molecular flexibility index (Phi) is 3.61. The molecule has 0 amide bonds. The van der Waals surface area contributed by atoms with E-state index in [9.17, 15) is 0 Å². The maximum absolute atomic E-state index is 5.53. The Balaban J connectivity index is 2.00. The number of thioether (sulfide) groups is 1. The van der Waals surface area contributed by atoms with Crippen LogP contribution in [0.15, 0.2) is 29.4 Å². The van der Waals surface area contributed by atoms with Crippen molar-refractivity contribution in [1.29, 1.82) is 0 Å². The summed E-state index contributed by atoms with van der Waals surface area (Å²) < 4.78 is 5.53. The van der Waals surface area contributed by atoms with Crippen LogP contribution in [0, 0.1) is 0 Å². The number of nitrogens with zero attached hydrogens (tertiary/aromatic N) is 2. The van der Waals surface area contributed by atoms with Gasteiger partial charge in [-0.1, -0.05) is 6.07 Å². The fourth-order valence-corrected chi connectivity index (χ4v) is 1.95. The minimum Gasteiger partial charge on any atom is -0.474 e. The second-order valence-corrected chi connectivity index (χ2v) is 4.38. The van der Waals surface area contributed by atoms with Crippen molar-refractivity contribution in [3.8, 4) is 0 Å². The highest BCUT2D eigenvalue weighted by molar-refractivity contribution is 7.98. The first-order valence-electron chi connectivity index (χ1n) is 5.01. The number of hydrogen-bond acceptors (Lipinski definition) is 4. The van der Waals surface area contributed by atoms with Gasteiger partial charge in [0.05, 0.1) is 6.04 Å². The highest BCUT2D eigenvalue weighted by Crippen LogP contribution is 2.14. The van der Waals surface area contributed by atoms with Gasteiger partial charge in [-0.25, -0.2) is 4.99 Å². The third-order valence-electron chi connectivity index (χ3n) is 2.25. The van der Waals surface area contributed by atoms with Crippen LogP contribution >= 0.6 is 11.8 Å². The predicted molar refractivity (Wildman–Crippen MR) is 63.5 cm³/mol. The molecular weight excluding hydrogens is 208 g/mol. The van der Waals surface area contributed by atoms with E-state index in [4.69, 9.17) is 4.74 Å². The van der Waals surface area contributed by atoms with Gasteiger partial charge in [0.15, 0.2) is 0 Å². The third-order valence-corrected chi connectivity index (χ3v) is 2.90. The molecule has 1 atom stereocenters. The summed E-state index contributed by atoms with van der Waals surface area (Å²) >= 11 is 1.85. The quantitative estimate of drug-likeness (QED) is 0.781. The lowest BCUT2D eigenvalue weighted by Gasteiger charge is -2.01. The zero-order chi connectivity index (χ0) is 10.5. The molecule has 1 aromatic rings. The molecule has 2 heterocycles. The molecule has 3 nitrogen and oxygen atoms in total. The Hall–Kier alpha value is -1.03. The molecule has 2 rings (SSSR count). The largest absolute Gasteiger partial charge is 0.474 e. The predicted octanol–water partition coefficient (Wildman–Crippen LogP) is 1.98. The Labute approximate surface area is 94.0 Å². The van der Waals surface area contributed by atoms with Crippen LogP contribution < -0.4 is 0 Å². The topological polar surface area (TPSA) is 34.5 Å². The summed E-state index contributed by atoms with van der Waals surface area (Å²) in [5.74, 6) is 1.83. The molecule has 0 saturated carbocycles. The maximum atomic E-state index is 5.53. The molecule has 1 aliphatic rings. The van der Waals surface area contributed by atoms with Crippen LogP contribution in [-0.4, -0.2) is 35.5 Å². The van der Waals surface area contributed by atoms with Gasteiger partial charge < -0.3 is 4.74 Å². The van der Waals surface area contributed by atoms with E-state index in [1.807, 2.05) is 30.0 Å². The number of rotatable bonds is 4. The zero-order valence-corrected chi connectivity index (χ0v) is 9.54. The molecule has 0 radical (unpaired) electrons. The van der Waals surface area contributed by atoms with Gasteiger partial charge >= 0.3 is 0 Å². The van der Waals surface area contributed by atoms with Gasteiger partial charge in [0.2, 0.25) is 5.90 Å². The van der Waals surface area contributed by atoms with Crippen molar-refractivity contribution in [2.45, 2.75) is 12.5 Å². The molecule has 0 unspecified atom stereocenters. The van der Waals surface area contributed by atoms with E-state index in [2.05, 4.69) is 16.2 Å². The summed E-state index contributed by atoms with van der Waals surface area (Å²) in [5, 5.41) is 0. The van der Waals surface area contributed by atoms with Gasteiger partial charge in [0.1, 0.15) is 12.3 Å². The summed E-state index contributed by atoms with van der Waals surface area (Å²) in [6.07, 6.45) is 4.95. The van der Waals surface area contributed by atoms with Gasteiger partial charge in [0, 0.05) is 6.20 Å². The fraction of sp³-hybridized carbons (Fsp3) is 0.455. The maximum Gasteiger partial charge on any atom is 0.235 e. The second kappa shape index (κ2) is 5.16. The lowest BCUT2D eigenvalue weighted by molar-refractivity contribution is 0.315. The van der Waals surface area contributed by atoms with E-state index in [-0.39, 0.29) is 0 Å². The van der Waals surface area contributed by atoms with E-state index in [0.29, 0.717) is 18.5 Å². The summed E-state index contributed by atoms with van der Waals surface area (Å²) in [6.45, 7) is 0.701. The summed E-state index contributed by atoms with van der Waals surface area (Å²) in [6, 6.07) is 6.08. The molecule has 0 aliphatic carbocycles. The van der Waals surface area contributed by atoms with Crippen molar-refractivity contribution in [3.63, 3.8) is 0 Å². The van der Waals surface area contributed by atoms with Crippen molar-refractivity contribution >= 4 is 17.7 Å². The zero-order valence-electron chi connectivity index (χ0n) is 8.72. The summed E-state index contributed by atoms with van der Waals surface area (Å²) in [7, 11) is 0. The number of aromatic nitrogens is 1. The number of ether oxygens (including phenoxy) is 1. The highest BCUT2D eigenvalue weighted by Gasteiger charge is 2.19. The first kappa shape index (κ1) is 10.5. The van der Waals surface area contributed by atoms with Crippen molar-refractivity contribution in [2.75, 3.05) is 18.6 Å². The van der Waals surface area contributed by atoms with E-state index < -0.39 is 0 Å². The molecule has 0 aromatic carbocycles. The number of hydrogen-bond donors (Lipinski definition) is 0.